The monoisotopic (exact) mass is 1200 g/mol. The molecule has 78 heavy (non-hydrogen) atoms. The number of fused-ring (bicyclic) bond motifs is 5. The van der Waals surface area contributed by atoms with Gasteiger partial charge in [0.05, 0.1) is 5.48 Å². The Labute approximate surface area is 479 Å². The topological polar surface area (TPSA) is 33.5 Å². The molecule has 9 aromatic carbocycles. The second-order valence-electron chi connectivity index (χ2n) is 22.8. The second-order valence-corrected chi connectivity index (χ2v) is 22.8. The first-order valence-corrected chi connectivity index (χ1v) is 26.7. The molecule has 5 nitrogen and oxygen atoms in total. The van der Waals surface area contributed by atoms with Crippen molar-refractivity contribution in [3.05, 3.63) is 248 Å². The molecule has 0 fully saturated rings. The van der Waals surface area contributed by atoms with E-state index >= 15 is 0 Å². The van der Waals surface area contributed by atoms with Gasteiger partial charge in [-0.3, -0.25) is 0 Å². The largest absolute Gasteiger partial charge is 0.509 e. The molecule has 0 radical (unpaired) electrons. The average molecular weight is 1200 g/mol. The summed E-state index contributed by atoms with van der Waals surface area (Å²) in [5.74, 6) is 1.83. The maximum Gasteiger partial charge on any atom is 0.135 e. The van der Waals surface area contributed by atoms with Gasteiger partial charge in [-0.1, -0.05) is 200 Å². The summed E-state index contributed by atoms with van der Waals surface area (Å²) in [5, 5.41) is 2.13. The number of hydrogen-bond acceptors (Lipinski definition) is 4. The summed E-state index contributed by atoms with van der Waals surface area (Å²) in [5.41, 5.74) is 14.8. The van der Waals surface area contributed by atoms with Gasteiger partial charge in [-0.25, -0.2) is 4.98 Å². The molecular formula is C72H61N4OPt-3. The fourth-order valence-electron chi connectivity index (χ4n) is 11.7. The van der Waals surface area contributed by atoms with E-state index in [0.717, 1.165) is 85.5 Å². The van der Waals surface area contributed by atoms with Crippen LogP contribution in [0.4, 0.5) is 22.7 Å². The van der Waals surface area contributed by atoms with Crippen LogP contribution >= 0.6 is 0 Å². The van der Waals surface area contributed by atoms with Crippen LogP contribution in [0.1, 0.15) is 83.5 Å². The number of rotatable bonds is 9. The van der Waals surface area contributed by atoms with Crippen molar-refractivity contribution in [2.75, 3.05) is 9.80 Å². The van der Waals surface area contributed by atoms with Gasteiger partial charge in [0.2, 0.25) is 0 Å². The normalized spacial score (nSPS) is 15.2. The van der Waals surface area contributed by atoms with E-state index in [-0.39, 0.29) is 61.5 Å². The van der Waals surface area contributed by atoms with Gasteiger partial charge in [-0.05, 0) is 109 Å². The smallest absolute Gasteiger partial charge is 0.135 e. The van der Waals surface area contributed by atoms with Crippen LogP contribution < -0.4 is 14.5 Å². The molecule has 0 N–H and O–H groups in total. The molecule has 0 saturated carbocycles. The van der Waals surface area contributed by atoms with Gasteiger partial charge in [-0.2, -0.15) is 12.1 Å². The molecule has 1 aliphatic heterocycles. The molecule has 6 heteroatoms. The van der Waals surface area contributed by atoms with Crippen LogP contribution in [0.5, 0.6) is 11.5 Å². The maximum atomic E-state index is 9.91. The third kappa shape index (κ3) is 9.02. The Balaban J connectivity index is 0.00000665. The number of pyridine rings is 1. The molecule has 2 aliphatic rings. The quantitative estimate of drug-likeness (QED) is 0.135. The van der Waals surface area contributed by atoms with Crippen molar-refractivity contribution in [2.45, 2.75) is 77.6 Å². The van der Waals surface area contributed by atoms with Crippen LogP contribution in [0.25, 0.3) is 72.1 Å². The molecule has 11 aromatic rings. The molecule has 1 aliphatic carbocycles. The van der Waals surface area contributed by atoms with Crippen molar-refractivity contribution in [1.29, 1.82) is 0 Å². The van der Waals surface area contributed by atoms with Gasteiger partial charge in [0.1, 0.15) is 5.82 Å². The summed E-state index contributed by atoms with van der Waals surface area (Å²) in [6, 6.07) is 68.4. The minimum atomic E-state index is -0.227. The molecule has 13 rings (SSSR count). The van der Waals surface area contributed by atoms with E-state index in [4.69, 9.17) is 11.1 Å². The second kappa shape index (κ2) is 19.8. The zero-order chi connectivity index (χ0) is 56.1. The van der Waals surface area contributed by atoms with Crippen LogP contribution in [0.2, 0.25) is 0 Å². The summed E-state index contributed by atoms with van der Waals surface area (Å²) in [6.45, 7) is 18.1. The van der Waals surface area contributed by atoms with Crippen LogP contribution in [0.15, 0.2) is 212 Å². The predicted molar refractivity (Wildman–Crippen MR) is 320 cm³/mol. The van der Waals surface area contributed by atoms with Gasteiger partial charge >= 0.3 is 0 Å². The van der Waals surface area contributed by atoms with Crippen molar-refractivity contribution < 1.29 is 31.3 Å². The molecule has 2 aromatic heterocycles. The Morgan fingerprint density at radius 3 is 1.96 bits per heavy atom. The zero-order valence-electron chi connectivity index (χ0n) is 48.9. The van der Waals surface area contributed by atoms with Crippen molar-refractivity contribution in [1.82, 2.24) is 9.55 Å². The molecule has 0 atom stereocenters. The van der Waals surface area contributed by atoms with E-state index in [1.54, 1.807) is 0 Å². The molecule has 3 heterocycles. The van der Waals surface area contributed by atoms with Crippen LogP contribution in [-0.2, 0) is 37.3 Å². The fourth-order valence-corrected chi connectivity index (χ4v) is 11.7. The summed E-state index contributed by atoms with van der Waals surface area (Å²) < 4.78 is 46.8. The number of para-hydroxylation sites is 4. The van der Waals surface area contributed by atoms with Gasteiger partial charge in [-0.15, -0.1) is 48.1 Å². The van der Waals surface area contributed by atoms with E-state index in [1.807, 2.05) is 91.1 Å². The Hall–Kier alpha value is -7.98. The zero-order valence-corrected chi connectivity index (χ0v) is 47.2. The van der Waals surface area contributed by atoms with Crippen LogP contribution in [0, 0.1) is 18.8 Å². The van der Waals surface area contributed by atoms with E-state index in [0.29, 0.717) is 33.8 Å². The molecule has 0 unspecified atom stereocenters. The summed E-state index contributed by atoms with van der Waals surface area (Å²) in [6.07, 6.45) is 4.15. The van der Waals surface area contributed by atoms with E-state index in [9.17, 15) is 4.11 Å². The van der Waals surface area contributed by atoms with Crippen molar-refractivity contribution >= 4 is 44.6 Å². The Bertz CT molecular complexity index is 4300. The van der Waals surface area contributed by atoms with Gasteiger partial charge in [0.15, 0.2) is 0 Å². The number of benzene rings is 9. The summed E-state index contributed by atoms with van der Waals surface area (Å²) >= 11 is 0. The molecule has 0 saturated heterocycles. The third-order valence-electron chi connectivity index (χ3n) is 15.8. The SMILES string of the molecule is [2H]c1c([2H])c(-c2ccccc2)c([2H])c(-c2cccc(-c3ccc4c(c3)C(C)(C)CCC4(C)C)c2N2[CH-]N(c3[c-]c(Oc4[c-]c5c(cc4)c4ccccc4n5-c4cc(C(C)(C)C)c(-c5ccccc5)cn4)ccc3)c3ccccc32)c1[2H].[Pt]. The summed E-state index contributed by atoms with van der Waals surface area (Å²) in [7, 11) is 0. The number of ether oxygens (including phenoxy) is 1. The summed E-state index contributed by atoms with van der Waals surface area (Å²) in [4.78, 5) is 9.40. The molecule has 0 amide bonds. The maximum absolute atomic E-state index is 9.91. The Kier molecular flexibility index (Phi) is 11.7. The Morgan fingerprint density at radius 1 is 0.564 bits per heavy atom. The van der Waals surface area contributed by atoms with Crippen molar-refractivity contribution in [3.8, 4) is 61.8 Å². The van der Waals surface area contributed by atoms with Crippen molar-refractivity contribution in [2.24, 2.45) is 0 Å². The van der Waals surface area contributed by atoms with E-state index in [1.165, 1.54) is 16.7 Å². The first-order chi connectivity index (χ1) is 39.0. The van der Waals surface area contributed by atoms with E-state index in [2.05, 4.69) is 179 Å². The number of nitrogens with zero attached hydrogens (tertiary/aromatic N) is 4. The number of hydrogen-bond donors (Lipinski definition) is 0. The minimum Gasteiger partial charge on any atom is -0.509 e. The fraction of sp³-hybridized carbons (Fsp3) is 0.167. The van der Waals surface area contributed by atoms with Gasteiger partial charge in [0.25, 0.3) is 0 Å². The van der Waals surface area contributed by atoms with Crippen LogP contribution in [0.3, 0.4) is 0 Å². The Morgan fingerprint density at radius 2 is 1.21 bits per heavy atom. The average Bonchev–Trinajstić information content (AvgIpc) is 2.75. The minimum absolute atomic E-state index is 0. The first kappa shape index (κ1) is 46.1. The number of aromatic nitrogens is 2. The molecule has 388 valence electrons. The number of anilines is 4. The van der Waals surface area contributed by atoms with Crippen molar-refractivity contribution in [3.63, 3.8) is 0 Å². The van der Waals surface area contributed by atoms with Crippen LogP contribution in [-0.4, -0.2) is 9.55 Å². The standard InChI is InChI=1S/C72H61N4O.Pt/c1-70(2,3)62-45-68(73-46-60(62)49-23-12-9-13-24-49)76-64-32-15-14-29-58(64)59-37-36-55(44-67(59)76)77-54-28-19-27-53(43-54)74-47-75(66-34-17-16-33-65(66)74)69-56(51-26-18-25-50(41-51)48-21-10-8-11-22-48)30-20-31-57(69)52-35-38-61-63(42-52)72(6,7)40-39-71(61,4)5;/h8-38,41-42,45-47H,39-40H2,1-7H3;/q-3;/i18D,25D,26D,41D;. The third-order valence-corrected chi connectivity index (χ3v) is 15.8. The van der Waals surface area contributed by atoms with Gasteiger partial charge in [0, 0.05) is 78.0 Å². The molecular weight excluding hydrogens is 1130 g/mol. The van der Waals surface area contributed by atoms with Gasteiger partial charge < -0.3 is 19.1 Å². The van der Waals surface area contributed by atoms with E-state index < -0.39 is 0 Å². The molecule has 0 bridgehead atoms. The molecule has 0 spiro atoms. The first-order valence-electron chi connectivity index (χ1n) is 28.7. The predicted octanol–water partition coefficient (Wildman–Crippen LogP) is 19.3.